The van der Waals surface area contributed by atoms with E-state index in [0.29, 0.717) is 17.3 Å². The first kappa shape index (κ1) is 12.6. The molecule has 96 valence electrons. The Balaban J connectivity index is 2.40. The Morgan fingerprint density at radius 3 is 2.79 bits per heavy atom. The summed E-state index contributed by atoms with van der Waals surface area (Å²) in [7, 11) is 3.35. The van der Waals surface area contributed by atoms with E-state index in [1.54, 1.807) is 23.1 Å². The lowest BCUT2D eigenvalue weighted by Crippen LogP contribution is -2.13. The molecule has 0 amide bonds. The van der Waals surface area contributed by atoms with Gasteiger partial charge in [0.05, 0.1) is 18.7 Å². The van der Waals surface area contributed by atoms with Gasteiger partial charge in [0.1, 0.15) is 5.82 Å². The molecule has 6 heteroatoms. The number of ether oxygens (including phenoxy) is 1. The van der Waals surface area contributed by atoms with Gasteiger partial charge in [-0.2, -0.15) is 15.2 Å². The first-order valence-electron chi connectivity index (χ1n) is 5.56. The van der Waals surface area contributed by atoms with Crippen molar-refractivity contribution in [1.29, 1.82) is 5.26 Å². The van der Waals surface area contributed by atoms with Crippen molar-refractivity contribution < 1.29 is 4.74 Å². The topological polar surface area (TPSA) is 88.1 Å². The number of hydrogen-bond donors (Lipinski definition) is 1. The van der Waals surface area contributed by atoms with Gasteiger partial charge < -0.3 is 15.4 Å². The van der Waals surface area contributed by atoms with Gasteiger partial charge in [0.15, 0.2) is 0 Å². The van der Waals surface area contributed by atoms with E-state index < -0.39 is 0 Å². The van der Waals surface area contributed by atoms with Gasteiger partial charge >= 0.3 is 0 Å². The van der Waals surface area contributed by atoms with Crippen molar-refractivity contribution in [2.45, 2.75) is 0 Å². The summed E-state index contributed by atoms with van der Waals surface area (Å²) in [6, 6.07) is 11.0. The number of hydrogen-bond acceptors (Lipinski definition) is 6. The average molecular weight is 255 g/mol. The van der Waals surface area contributed by atoms with Gasteiger partial charge in [0, 0.05) is 18.8 Å². The van der Waals surface area contributed by atoms with Crippen LogP contribution in [0.4, 0.5) is 17.5 Å². The number of anilines is 3. The molecule has 0 aliphatic rings. The van der Waals surface area contributed by atoms with Gasteiger partial charge in [0.25, 0.3) is 0 Å². The summed E-state index contributed by atoms with van der Waals surface area (Å²) in [5.74, 6) is 1.13. The van der Waals surface area contributed by atoms with E-state index in [9.17, 15) is 0 Å². The molecule has 0 aliphatic carbocycles. The molecule has 1 aromatic carbocycles. The lowest BCUT2D eigenvalue weighted by Gasteiger charge is -2.19. The average Bonchev–Trinajstić information content (AvgIpc) is 2.45. The monoisotopic (exact) mass is 255 g/mol. The Morgan fingerprint density at radius 2 is 2.11 bits per heavy atom. The Morgan fingerprint density at radius 1 is 1.32 bits per heavy atom. The molecule has 0 saturated carbocycles. The molecule has 0 fully saturated rings. The molecule has 1 heterocycles. The summed E-state index contributed by atoms with van der Waals surface area (Å²) in [5.41, 5.74) is 7.04. The Bertz CT molecular complexity index is 635. The number of methoxy groups -OCH3 is 1. The second-order valence-electron chi connectivity index (χ2n) is 3.85. The van der Waals surface area contributed by atoms with Crippen LogP contribution in [0.15, 0.2) is 30.3 Å². The zero-order valence-corrected chi connectivity index (χ0v) is 10.7. The third-order valence-corrected chi connectivity index (χ3v) is 2.62. The molecule has 0 spiro atoms. The van der Waals surface area contributed by atoms with E-state index in [0.717, 1.165) is 5.69 Å². The molecule has 0 aliphatic heterocycles. The van der Waals surface area contributed by atoms with E-state index in [1.165, 1.54) is 7.11 Å². The quantitative estimate of drug-likeness (QED) is 0.898. The van der Waals surface area contributed by atoms with Crippen molar-refractivity contribution in [2.24, 2.45) is 0 Å². The van der Waals surface area contributed by atoms with Gasteiger partial charge in [-0.05, 0) is 18.2 Å². The Kier molecular flexibility index (Phi) is 3.48. The van der Waals surface area contributed by atoms with Crippen LogP contribution in [0.2, 0.25) is 0 Å². The number of nitrogen functional groups attached to an aromatic ring is 1. The second kappa shape index (κ2) is 5.23. The summed E-state index contributed by atoms with van der Waals surface area (Å²) in [5, 5.41) is 8.91. The van der Waals surface area contributed by atoms with Crippen LogP contribution in [-0.2, 0) is 0 Å². The molecule has 0 unspecified atom stereocenters. The molecule has 2 N–H and O–H groups in total. The predicted molar refractivity (Wildman–Crippen MR) is 72.2 cm³/mol. The van der Waals surface area contributed by atoms with Crippen molar-refractivity contribution in [1.82, 2.24) is 9.97 Å². The number of aromatic nitrogens is 2. The van der Waals surface area contributed by atoms with Crippen LogP contribution in [0.5, 0.6) is 5.88 Å². The van der Waals surface area contributed by atoms with E-state index in [4.69, 9.17) is 15.7 Å². The molecule has 6 nitrogen and oxygen atoms in total. The standard InChI is InChI=1S/C13H13N5O/c1-18(10-5-3-4-9(6-10)8-14)11-7-12(19-2)17-13(15)16-11/h3-7H,1-2H3,(H2,15,16,17). The summed E-state index contributed by atoms with van der Waals surface area (Å²) in [6.45, 7) is 0. The predicted octanol–water partition coefficient (Wildman–Crippen LogP) is 1.71. The molecule has 2 aromatic rings. The molecular formula is C13H13N5O. The van der Waals surface area contributed by atoms with Crippen molar-refractivity contribution in [2.75, 3.05) is 24.8 Å². The highest BCUT2D eigenvalue weighted by Gasteiger charge is 2.09. The van der Waals surface area contributed by atoms with Crippen molar-refractivity contribution in [3.8, 4) is 11.9 Å². The van der Waals surface area contributed by atoms with Crippen molar-refractivity contribution >= 4 is 17.5 Å². The maximum atomic E-state index is 8.91. The van der Waals surface area contributed by atoms with E-state index in [1.807, 2.05) is 19.2 Å². The lowest BCUT2D eigenvalue weighted by atomic mass is 10.2. The zero-order chi connectivity index (χ0) is 13.8. The summed E-state index contributed by atoms with van der Waals surface area (Å²) in [4.78, 5) is 9.88. The molecule has 0 radical (unpaired) electrons. The Labute approximate surface area is 111 Å². The minimum atomic E-state index is 0.137. The minimum Gasteiger partial charge on any atom is -0.481 e. The van der Waals surface area contributed by atoms with E-state index in [2.05, 4.69) is 16.0 Å². The molecule has 19 heavy (non-hydrogen) atoms. The van der Waals surface area contributed by atoms with Crippen LogP contribution in [0.3, 0.4) is 0 Å². The zero-order valence-electron chi connectivity index (χ0n) is 10.7. The third kappa shape index (κ3) is 2.72. The van der Waals surface area contributed by atoms with Gasteiger partial charge in [0.2, 0.25) is 11.8 Å². The van der Waals surface area contributed by atoms with Crippen LogP contribution < -0.4 is 15.4 Å². The summed E-state index contributed by atoms with van der Waals surface area (Å²) >= 11 is 0. The van der Waals surface area contributed by atoms with Gasteiger partial charge in [-0.25, -0.2) is 0 Å². The second-order valence-corrected chi connectivity index (χ2v) is 3.85. The number of nitriles is 1. The SMILES string of the molecule is COc1cc(N(C)c2cccc(C#N)c2)nc(N)n1. The smallest absolute Gasteiger partial charge is 0.225 e. The third-order valence-electron chi connectivity index (χ3n) is 2.62. The fourth-order valence-corrected chi connectivity index (χ4v) is 1.62. The normalized spacial score (nSPS) is 9.74. The van der Waals surface area contributed by atoms with E-state index in [-0.39, 0.29) is 5.95 Å². The fraction of sp³-hybridized carbons (Fsp3) is 0.154. The number of nitrogens with two attached hydrogens (primary N) is 1. The highest BCUT2D eigenvalue weighted by Crippen LogP contribution is 2.25. The van der Waals surface area contributed by atoms with Crippen molar-refractivity contribution in [3.05, 3.63) is 35.9 Å². The molecular weight excluding hydrogens is 242 g/mol. The van der Waals surface area contributed by atoms with Gasteiger partial charge in [-0.1, -0.05) is 6.07 Å². The van der Waals surface area contributed by atoms with Crippen LogP contribution in [-0.4, -0.2) is 24.1 Å². The molecule has 0 atom stereocenters. The largest absolute Gasteiger partial charge is 0.481 e. The lowest BCUT2D eigenvalue weighted by molar-refractivity contribution is 0.398. The van der Waals surface area contributed by atoms with Crippen LogP contribution >= 0.6 is 0 Å². The van der Waals surface area contributed by atoms with Crippen LogP contribution in [0.25, 0.3) is 0 Å². The maximum absolute atomic E-state index is 8.91. The molecule has 0 saturated heterocycles. The van der Waals surface area contributed by atoms with Gasteiger partial charge in [-0.3, -0.25) is 0 Å². The first-order valence-corrected chi connectivity index (χ1v) is 5.56. The van der Waals surface area contributed by atoms with E-state index >= 15 is 0 Å². The van der Waals surface area contributed by atoms with Crippen LogP contribution in [0, 0.1) is 11.3 Å². The summed E-state index contributed by atoms with van der Waals surface area (Å²) in [6.07, 6.45) is 0. The minimum absolute atomic E-state index is 0.137. The molecule has 2 rings (SSSR count). The highest BCUT2D eigenvalue weighted by atomic mass is 16.5. The fourth-order valence-electron chi connectivity index (χ4n) is 1.62. The number of nitrogens with zero attached hydrogens (tertiary/aromatic N) is 4. The van der Waals surface area contributed by atoms with Gasteiger partial charge in [-0.15, -0.1) is 0 Å². The highest BCUT2D eigenvalue weighted by molar-refractivity contribution is 5.62. The van der Waals surface area contributed by atoms with Crippen LogP contribution in [0.1, 0.15) is 5.56 Å². The Hall–Kier alpha value is -2.81. The summed E-state index contributed by atoms with van der Waals surface area (Å²) < 4.78 is 5.06. The molecule has 0 bridgehead atoms. The number of benzene rings is 1. The molecule has 1 aromatic heterocycles. The van der Waals surface area contributed by atoms with Crippen molar-refractivity contribution in [3.63, 3.8) is 0 Å². The number of rotatable bonds is 3. The first-order chi connectivity index (χ1) is 9.13. The maximum Gasteiger partial charge on any atom is 0.225 e.